The first-order chi connectivity index (χ1) is 17.1. The highest BCUT2D eigenvalue weighted by atomic mass is 32.2. The van der Waals surface area contributed by atoms with Crippen LogP contribution in [0, 0.1) is 5.92 Å². The largest absolute Gasteiger partial charge is 0.366 e. The number of fused-ring (bicyclic) bond motifs is 1. The number of nitrogens with zero attached hydrogens (tertiary/aromatic N) is 1. The molecule has 1 atom stereocenters. The van der Waals surface area contributed by atoms with Crippen molar-refractivity contribution >= 4 is 26.8 Å². The van der Waals surface area contributed by atoms with Crippen LogP contribution in [0.1, 0.15) is 67.9 Å². The molecule has 8 heteroatoms. The number of hydrogen-bond acceptors (Lipinski definition) is 4. The topological polar surface area (TPSA) is 108 Å². The van der Waals surface area contributed by atoms with Gasteiger partial charge >= 0.3 is 0 Å². The van der Waals surface area contributed by atoms with E-state index < -0.39 is 15.9 Å². The molecular weight excluding hydrogens is 472 g/mol. The Labute approximate surface area is 214 Å². The first kappa shape index (κ1) is 26.4. The van der Waals surface area contributed by atoms with Gasteiger partial charge < -0.3 is 16.0 Å². The van der Waals surface area contributed by atoms with E-state index in [4.69, 9.17) is 5.73 Å². The number of piperidine rings is 1. The van der Waals surface area contributed by atoms with E-state index in [2.05, 4.69) is 61.4 Å². The van der Waals surface area contributed by atoms with E-state index in [9.17, 15) is 13.2 Å². The number of carbonyl (C=O) groups excluding carboxylic acids is 1. The predicted molar refractivity (Wildman–Crippen MR) is 146 cm³/mol. The van der Waals surface area contributed by atoms with Gasteiger partial charge in [-0.05, 0) is 72.9 Å². The summed E-state index contributed by atoms with van der Waals surface area (Å²) in [6, 6.07) is 12.8. The van der Waals surface area contributed by atoms with E-state index in [-0.39, 0.29) is 11.7 Å². The van der Waals surface area contributed by atoms with Crippen LogP contribution in [0.2, 0.25) is 0 Å². The Morgan fingerprint density at radius 3 is 2.36 bits per heavy atom. The molecule has 2 aromatic carbocycles. The molecule has 1 fully saturated rings. The van der Waals surface area contributed by atoms with Crippen LogP contribution >= 0.6 is 0 Å². The zero-order valence-corrected chi connectivity index (χ0v) is 22.5. The second kappa shape index (κ2) is 10.7. The maximum absolute atomic E-state index is 12.3. The minimum Gasteiger partial charge on any atom is -0.366 e. The van der Waals surface area contributed by atoms with Gasteiger partial charge in [0.25, 0.3) is 5.91 Å². The lowest BCUT2D eigenvalue weighted by molar-refractivity contribution is 0.100. The average Bonchev–Trinajstić information content (AvgIpc) is 3.31. The molecule has 1 aromatic heterocycles. The lowest BCUT2D eigenvalue weighted by Gasteiger charge is -2.31. The predicted octanol–water partition coefficient (Wildman–Crippen LogP) is 4.60. The van der Waals surface area contributed by atoms with E-state index >= 15 is 0 Å². The molecule has 3 aromatic rings. The molecule has 0 bridgehead atoms. The summed E-state index contributed by atoms with van der Waals surface area (Å²) in [4.78, 5) is 15.6. The van der Waals surface area contributed by atoms with Crippen LogP contribution in [0.4, 0.5) is 0 Å². The highest BCUT2D eigenvalue weighted by Crippen LogP contribution is 2.37. The third kappa shape index (κ3) is 5.51. The number of carbonyl (C=O) groups is 1. The van der Waals surface area contributed by atoms with Crippen molar-refractivity contribution in [3.63, 3.8) is 0 Å². The molecule has 0 aliphatic carbocycles. The highest BCUT2D eigenvalue weighted by molar-refractivity contribution is 7.89. The van der Waals surface area contributed by atoms with Crippen molar-refractivity contribution in [2.75, 3.05) is 18.8 Å². The summed E-state index contributed by atoms with van der Waals surface area (Å²) in [6.45, 7) is 10.1. The number of H-pyrrole nitrogens is 1. The number of hydrogen-bond donors (Lipinski definition) is 3. The van der Waals surface area contributed by atoms with Crippen LogP contribution in [0.3, 0.4) is 0 Å². The number of nitrogens with one attached hydrogen (secondary N) is 2. The van der Waals surface area contributed by atoms with Crippen molar-refractivity contribution in [3.8, 4) is 11.1 Å². The summed E-state index contributed by atoms with van der Waals surface area (Å²) >= 11 is 0. The molecule has 36 heavy (non-hydrogen) atoms. The molecule has 0 saturated carbocycles. The monoisotopic (exact) mass is 510 g/mol. The third-order valence-electron chi connectivity index (χ3n) is 7.65. The fourth-order valence-electron chi connectivity index (χ4n) is 4.91. The Balaban J connectivity index is 1.62. The molecule has 2 heterocycles. The van der Waals surface area contributed by atoms with Gasteiger partial charge in [0, 0.05) is 37.3 Å². The Morgan fingerprint density at radius 1 is 1.11 bits per heavy atom. The van der Waals surface area contributed by atoms with E-state index in [0.29, 0.717) is 30.6 Å². The van der Waals surface area contributed by atoms with Crippen LogP contribution in [0.5, 0.6) is 0 Å². The number of primary amides is 1. The summed E-state index contributed by atoms with van der Waals surface area (Å²) in [5.41, 5.74) is 11.3. The maximum atomic E-state index is 12.3. The van der Waals surface area contributed by atoms with Gasteiger partial charge in [0.15, 0.2) is 0 Å². The number of aromatic amines is 1. The Hall–Kier alpha value is -2.68. The molecule has 0 unspecified atom stereocenters. The molecule has 1 aliphatic heterocycles. The van der Waals surface area contributed by atoms with E-state index in [1.54, 1.807) is 11.2 Å². The minimum absolute atomic E-state index is 0.127. The lowest BCUT2D eigenvalue weighted by atomic mass is 9.88. The second-order valence-electron chi connectivity index (χ2n) is 10.2. The molecule has 194 valence electrons. The average molecular weight is 511 g/mol. The van der Waals surface area contributed by atoms with E-state index in [1.807, 2.05) is 12.3 Å². The van der Waals surface area contributed by atoms with Crippen molar-refractivity contribution in [3.05, 3.63) is 59.3 Å². The Kier molecular flexibility index (Phi) is 7.87. The summed E-state index contributed by atoms with van der Waals surface area (Å²) in [7, 11) is -3.17. The standard InChI is InChI=1S/C28H38N4O3S/c1-5-36(34,35)32-12-10-22(11-13-32)26-17-31-27-24(26)14-23(15-25(27)28(29)33)21-8-6-20(7-9-21)16-30-19(4)18(2)3/h6-9,14-15,17-19,22,30-31H,5,10-13,16H2,1-4H3,(H2,29,33)/t19-/m0/s1. The number of aromatic nitrogens is 1. The SMILES string of the molecule is CCS(=O)(=O)N1CCC(c2c[nH]c3c(C(N)=O)cc(-c4ccc(CN[C@@H](C)C(C)C)cc4)cc23)CC1. The van der Waals surface area contributed by atoms with Crippen molar-refractivity contribution in [2.24, 2.45) is 11.7 Å². The van der Waals surface area contributed by atoms with Crippen LogP contribution in [0.15, 0.2) is 42.6 Å². The van der Waals surface area contributed by atoms with Crippen molar-refractivity contribution in [2.45, 2.75) is 59.0 Å². The molecule has 0 radical (unpaired) electrons. The van der Waals surface area contributed by atoms with Crippen LogP contribution < -0.4 is 11.1 Å². The van der Waals surface area contributed by atoms with Crippen LogP contribution in [-0.4, -0.2) is 48.5 Å². The summed E-state index contributed by atoms with van der Waals surface area (Å²) < 4.78 is 26.1. The third-order valence-corrected chi connectivity index (χ3v) is 9.54. The molecular formula is C28H38N4O3S. The quantitative estimate of drug-likeness (QED) is 0.391. The minimum atomic E-state index is -3.17. The number of nitrogens with two attached hydrogens (primary N) is 1. The van der Waals surface area contributed by atoms with E-state index in [0.717, 1.165) is 47.0 Å². The Morgan fingerprint density at radius 2 is 1.78 bits per heavy atom. The molecule has 1 amide bonds. The fraction of sp³-hybridized carbons (Fsp3) is 0.464. The van der Waals surface area contributed by atoms with Gasteiger partial charge in [-0.2, -0.15) is 0 Å². The van der Waals surface area contributed by atoms with Gasteiger partial charge in [-0.15, -0.1) is 0 Å². The van der Waals surface area contributed by atoms with Gasteiger partial charge in [-0.25, -0.2) is 12.7 Å². The van der Waals surface area contributed by atoms with Gasteiger partial charge in [-0.1, -0.05) is 38.1 Å². The molecule has 4 N–H and O–H groups in total. The number of rotatable bonds is 9. The van der Waals surface area contributed by atoms with Crippen LogP contribution in [0.25, 0.3) is 22.0 Å². The second-order valence-corrected chi connectivity index (χ2v) is 12.5. The first-order valence-electron chi connectivity index (χ1n) is 12.9. The highest BCUT2D eigenvalue weighted by Gasteiger charge is 2.29. The molecule has 0 spiro atoms. The van der Waals surface area contributed by atoms with Gasteiger partial charge in [0.1, 0.15) is 0 Å². The zero-order valence-electron chi connectivity index (χ0n) is 21.7. The molecule has 1 saturated heterocycles. The van der Waals surface area contributed by atoms with Gasteiger partial charge in [0.05, 0.1) is 16.8 Å². The molecule has 1 aliphatic rings. The summed E-state index contributed by atoms with van der Waals surface area (Å²) in [6.07, 6.45) is 3.46. The van der Waals surface area contributed by atoms with E-state index in [1.165, 1.54) is 5.56 Å². The van der Waals surface area contributed by atoms with Crippen molar-refractivity contribution in [1.29, 1.82) is 0 Å². The lowest BCUT2D eigenvalue weighted by Crippen LogP contribution is -2.38. The fourth-order valence-corrected chi connectivity index (χ4v) is 6.04. The summed E-state index contributed by atoms with van der Waals surface area (Å²) in [5, 5.41) is 4.54. The molecule has 7 nitrogen and oxygen atoms in total. The summed E-state index contributed by atoms with van der Waals surface area (Å²) in [5.74, 6) is 0.445. The zero-order chi connectivity index (χ0) is 26.0. The first-order valence-corrected chi connectivity index (χ1v) is 14.5. The smallest absolute Gasteiger partial charge is 0.250 e. The normalized spacial score (nSPS) is 16.6. The van der Waals surface area contributed by atoms with Crippen molar-refractivity contribution in [1.82, 2.24) is 14.6 Å². The molecule has 4 rings (SSSR count). The van der Waals surface area contributed by atoms with Crippen LogP contribution in [-0.2, 0) is 16.6 Å². The number of benzene rings is 2. The number of amides is 1. The van der Waals surface area contributed by atoms with Crippen molar-refractivity contribution < 1.29 is 13.2 Å². The maximum Gasteiger partial charge on any atom is 0.250 e. The number of sulfonamides is 1. The van der Waals surface area contributed by atoms with Gasteiger partial charge in [-0.3, -0.25) is 4.79 Å². The van der Waals surface area contributed by atoms with Gasteiger partial charge in [0.2, 0.25) is 10.0 Å². The Bertz CT molecular complexity index is 1320.